The number of benzene rings is 1. The number of ether oxygens (including phenoxy) is 2. The van der Waals surface area contributed by atoms with Gasteiger partial charge in [-0.2, -0.15) is 4.31 Å². The highest BCUT2D eigenvalue weighted by molar-refractivity contribution is 7.89. The first-order chi connectivity index (χ1) is 14.4. The molecular weight excluding hydrogens is 408 g/mol. The summed E-state index contributed by atoms with van der Waals surface area (Å²) in [5.74, 6) is 0.581. The highest BCUT2D eigenvalue weighted by Gasteiger charge is 2.35. The smallest absolute Gasteiger partial charge is 0.404 e. The lowest BCUT2D eigenvalue weighted by Gasteiger charge is -2.45. The molecule has 0 unspecified atom stereocenters. The zero-order valence-electron chi connectivity index (χ0n) is 17.0. The van der Waals surface area contributed by atoms with Gasteiger partial charge in [0, 0.05) is 38.3 Å². The second-order valence-electron chi connectivity index (χ2n) is 8.19. The average molecular weight is 439 g/mol. The van der Waals surface area contributed by atoms with Gasteiger partial charge in [0.2, 0.25) is 10.0 Å². The maximum absolute atomic E-state index is 13.0. The van der Waals surface area contributed by atoms with E-state index in [0.29, 0.717) is 37.7 Å². The Morgan fingerprint density at radius 1 is 1.07 bits per heavy atom. The van der Waals surface area contributed by atoms with Gasteiger partial charge in [-0.3, -0.25) is 4.90 Å². The van der Waals surface area contributed by atoms with Crippen LogP contribution in [0.5, 0.6) is 5.75 Å². The Bertz CT molecular complexity index is 845. The molecule has 9 nitrogen and oxygen atoms in total. The van der Waals surface area contributed by atoms with Crippen molar-refractivity contribution in [2.45, 2.75) is 48.8 Å². The van der Waals surface area contributed by atoms with Gasteiger partial charge in [0.1, 0.15) is 18.0 Å². The molecule has 30 heavy (non-hydrogen) atoms. The van der Waals surface area contributed by atoms with Gasteiger partial charge in [-0.25, -0.2) is 13.2 Å². The van der Waals surface area contributed by atoms with Crippen molar-refractivity contribution in [2.75, 3.05) is 39.3 Å². The van der Waals surface area contributed by atoms with E-state index in [1.54, 1.807) is 24.3 Å². The van der Waals surface area contributed by atoms with Crippen molar-refractivity contribution in [2.24, 2.45) is 5.73 Å². The molecule has 4 rings (SSSR count). The highest BCUT2D eigenvalue weighted by atomic mass is 32.2. The average Bonchev–Trinajstić information content (AvgIpc) is 2.71. The number of hydrogen-bond acceptors (Lipinski definition) is 7. The normalized spacial score (nSPS) is 23.1. The van der Waals surface area contributed by atoms with Crippen molar-refractivity contribution < 1.29 is 22.7 Å². The van der Waals surface area contributed by atoms with E-state index in [4.69, 9.17) is 15.2 Å². The minimum atomic E-state index is -3.62. The Morgan fingerprint density at radius 3 is 2.43 bits per heavy atom. The molecule has 1 aromatic rings. The molecule has 3 aliphatic heterocycles. The summed E-state index contributed by atoms with van der Waals surface area (Å²) < 4.78 is 38.5. The molecule has 0 spiro atoms. The third kappa shape index (κ3) is 4.88. The van der Waals surface area contributed by atoms with E-state index in [2.05, 4.69) is 10.2 Å². The van der Waals surface area contributed by atoms with Crippen molar-refractivity contribution in [3.8, 4) is 5.75 Å². The molecule has 3 fully saturated rings. The van der Waals surface area contributed by atoms with E-state index in [1.165, 1.54) is 17.1 Å². The number of carbonyl (C=O) groups excluding carboxylic acids is 1. The third-order valence-electron chi connectivity index (χ3n) is 6.13. The standard InChI is InChI=1S/C20H30N4O5S/c21-20(25)29-16-6-10-24(11-7-16)30(26,27)19-3-1-2-17(12-19)28-18-13-23(14-18)15-4-8-22-9-5-15/h1-3,12,15-16,18,22H,4-11,13-14H2,(H2,21,25). The van der Waals surface area contributed by atoms with Crippen LogP contribution in [0.1, 0.15) is 25.7 Å². The molecule has 3 heterocycles. The van der Waals surface area contributed by atoms with Crippen molar-refractivity contribution in [3.05, 3.63) is 24.3 Å². The molecule has 3 saturated heterocycles. The largest absolute Gasteiger partial charge is 0.488 e. The van der Waals surface area contributed by atoms with E-state index in [9.17, 15) is 13.2 Å². The van der Waals surface area contributed by atoms with Crippen LogP contribution in [-0.2, 0) is 14.8 Å². The monoisotopic (exact) mass is 438 g/mol. The van der Waals surface area contributed by atoms with Gasteiger partial charge in [0.05, 0.1) is 4.90 Å². The van der Waals surface area contributed by atoms with Gasteiger partial charge < -0.3 is 20.5 Å². The number of likely N-dealkylation sites (tertiary alicyclic amines) is 1. The number of hydrogen-bond donors (Lipinski definition) is 2. The Kier molecular flexibility index (Phi) is 6.47. The lowest BCUT2D eigenvalue weighted by molar-refractivity contribution is -0.0170. The number of nitrogens with two attached hydrogens (primary N) is 1. The van der Waals surface area contributed by atoms with Gasteiger partial charge >= 0.3 is 6.09 Å². The summed E-state index contributed by atoms with van der Waals surface area (Å²) in [4.78, 5) is 13.6. The summed E-state index contributed by atoms with van der Waals surface area (Å²) in [6.45, 7) is 4.49. The number of carbonyl (C=O) groups is 1. The molecule has 0 radical (unpaired) electrons. The van der Waals surface area contributed by atoms with Crippen LogP contribution in [0.2, 0.25) is 0 Å². The van der Waals surface area contributed by atoms with Crippen LogP contribution in [0.4, 0.5) is 4.79 Å². The fourth-order valence-corrected chi connectivity index (χ4v) is 5.92. The van der Waals surface area contributed by atoms with E-state index in [0.717, 1.165) is 26.2 Å². The predicted molar refractivity (Wildman–Crippen MR) is 111 cm³/mol. The first kappa shape index (κ1) is 21.4. The minimum absolute atomic E-state index is 0.0968. The van der Waals surface area contributed by atoms with Crippen LogP contribution in [0.3, 0.4) is 0 Å². The number of piperidine rings is 2. The molecule has 0 saturated carbocycles. The van der Waals surface area contributed by atoms with Crippen LogP contribution in [0.25, 0.3) is 0 Å². The van der Waals surface area contributed by atoms with Gasteiger partial charge in [0.15, 0.2) is 0 Å². The molecule has 3 N–H and O–H groups in total. The van der Waals surface area contributed by atoms with Crippen LogP contribution in [0.15, 0.2) is 29.2 Å². The van der Waals surface area contributed by atoms with E-state index in [-0.39, 0.29) is 17.1 Å². The lowest BCUT2D eigenvalue weighted by Crippen LogP contribution is -2.59. The van der Waals surface area contributed by atoms with Gasteiger partial charge in [0.25, 0.3) is 0 Å². The Balaban J connectivity index is 1.32. The molecule has 10 heteroatoms. The first-order valence-electron chi connectivity index (χ1n) is 10.6. The molecular formula is C20H30N4O5S. The zero-order valence-corrected chi connectivity index (χ0v) is 17.9. The summed E-state index contributed by atoms with van der Waals surface area (Å²) >= 11 is 0. The number of nitrogens with one attached hydrogen (secondary N) is 1. The van der Waals surface area contributed by atoms with Gasteiger partial charge in [-0.1, -0.05) is 6.07 Å². The number of primary amides is 1. The minimum Gasteiger partial charge on any atom is -0.488 e. The van der Waals surface area contributed by atoms with Crippen molar-refractivity contribution >= 4 is 16.1 Å². The summed E-state index contributed by atoms with van der Waals surface area (Å²) in [7, 11) is -3.62. The van der Waals surface area contributed by atoms with Gasteiger partial charge in [-0.15, -0.1) is 0 Å². The van der Waals surface area contributed by atoms with E-state index >= 15 is 0 Å². The first-order valence-corrected chi connectivity index (χ1v) is 12.0. The van der Waals surface area contributed by atoms with E-state index in [1.807, 2.05) is 0 Å². The molecule has 1 aromatic carbocycles. The van der Waals surface area contributed by atoms with Crippen molar-refractivity contribution in [1.29, 1.82) is 0 Å². The fraction of sp³-hybridized carbons (Fsp3) is 0.650. The van der Waals surface area contributed by atoms with Crippen LogP contribution in [0, 0.1) is 0 Å². The fourth-order valence-electron chi connectivity index (χ4n) is 4.42. The number of sulfonamides is 1. The molecule has 1 amide bonds. The highest BCUT2D eigenvalue weighted by Crippen LogP contribution is 2.27. The van der Waals surface area contributed by atoms with Crippen LogP contribution < -0.4 is 15.8 Å². The van der Waals surface area contributed by atoms with Crippen molar-refractivity contribution in [3.63, 3.8) is 0 Å². The zero-order chi connectivity index (χ0) is 21.1. The summed E-state index contributed by atoms with van der Waals surface area (Å²) in [6, 6.07) is 7.34. The predicted octanol–water partition coefficient (Wildman–Crippen LogP) is 0.750. The maximum atomic E-state index is 13.0. The Labute approximate surface area is 177 Å². The Morgan fingerprint density at radius 2 is 1.77 bits per heavy atom. The van der Waals surface area contributed by atoms with E-state index < -0.39 is 16.1 Å². The topological polar surface area (TPSA) is 114 Å². The second kappa shape index (κ2) is 9.09. The molecule has 166 valence electrons. The summed E-state index contributed by atoms with van der Waals surface area (Å²) in [5.41, 5.74) is 5.05. The maximum Gasteiger partial charge on any atom is 0.404 e. The number of amides is 1. The second-order valence-corrected chi connectivity index (χ2v) is 10.1. The Hall–Kier alpha value is -1.88. The van der Waals surface area contributed by atoms with Crippen molar-refractivity contribution in [1.82, 2.24) is 14.5 Å². The van der Waals surface area contributed by atoms with Gasteiger partial charge in [-0.05, 0) is 50.9 Å². The molecule has 3 aliphatic rings. The lowest BCUT2D eigenvalue weighted by atomic mass is 10.00. The summed E-state index contributed by atoms with van der Waals surface area (Å²) in [6.07, 6.45) is 2.16. The molecule has 0 aliphatic carbocycles. The molecule has 0 aromatic heterocycles. The third-order valence-corrected chi connectivity index (χ3v) is 8.03. The molecule has 0 bridgehead atoms. The number of rotatable bonds is 6. The summed E-state index contributed by atoms with van der Waals surface area (Å²) in [5, 5.41) is 3.38. The quantitative estimate of drug-likeness (QED) is 0.674. The van der Waals surface area contributed by atoms with Crippen LogP contribution >= 0.6 is 0 Å². The number of nitrogens with zero attached hydrogens (tertiary/aromatic N) is 2. The van der Waals surface area contributed by atoms with Crippen LogP contribution in [-0.4, -0.2) is 81.2 Å². The SMILES string of the molecule is NC(=O)OC1CCN(S(=O)(=O)c2cccc(OC3CN(C4CCNCC4)C3)c2)CC1. The molecule has 0 atom stereocenters.